The number of carboxylic acid groups (broad SMARTS) is 2. The van der Waals surface area contributed by atoms with Gasteiger partial charge in [0.25, 0.3) is 11.5 Å². The largest absolute Gasteiger partial charge is 0.748 e. The first-order valence-electron chi connectivity index (χ1n) is 12.6. The van der Waals surface area contributed by atoms with Crippen LogP contribution in [0.2, 0.25) is 0 Å². The standard InChI is InChI=1S/C26H25N3O9S5/c1-15(6-4-9-18-27(11-5-13-43(36,37)38)16-7-2-3-8-17(16)40-18)21-23(34)28(12-10-19(30)31)25(41-21)22-24(35)29(14-20(32)33)26(39)42-22/h2-4,6-9H,5,10-14H2,1H3,(H,30,31)(H,32,33)(H,36,37,38)/p-1/b6-4+,18-9+,21-15-,25-22-. The van der Waals surface area contributed by atoms with Crippen molar-refractivity contribution in [1.29, 1.82) is 0 Å². The maximum Gasteiger partial charge on any atom is 0.323 e. The smallest absolute Gasteiger partial charge is 0.323 e. The van der Waals surface area contributed by atoms with Crippen LogP contribution in [0.1, 0.15) is 19.8 Å². The maximum atomic E-state index is 13.4. The number of thioether (sulfide) groups is 2. The number of carbonyl (C=O) groups excluding carboxylic acids is 1. The molecule has 228 valence electrons. The number of rotatable bonds is 11. The number of thiocarbonyl (C=S) groups is 1. The van der Waals surface area contributed by atoms with Crippen LogP contribution in [0.25, 0.3) is 10.5 Å². The van der Waals surface area contributed by atoms with Crippen LogP contribution < -0.4 is 19.7 Å². The molecular weight excluding hydrogens is 659 g/mol. The van der Waals surface area contributed by atoms with Gasteiger partial charge in [0, 0.05) is 23.7 Å². The number of thiazole rings is 1. The van der Waals surface area contributed by atoms with Gasteiger partial charge in [-0.05, 0) is 37.1 Å². The number of benzene rings is 1. The fourth-order valence-corrected chi connectivity index (χ4v) is 8.34. The predicted molar refractivity (Wildman–Crippen MR) is 168 cm³/mol. The second-order valence-corrected chi connectivity index (χ2v) is 14.4. The average Bonchev–Trinajstić information content (AvgIpc) is 3.53. The van der Waals surface area contributed by atoms with Crippen LogP contribution in [0.5, 0.6) is 0 Å². The minimum Gasteiger partial charge on any atom is -0.748 e. The van der Waals surface area contributed by atoms with Crippen molar-refractivity contribution in [3.8, 4) is 0 Å². The van der Waals surface area contributed by atoms with Crippen LogP contribution in [0, 0.1) is 0 Å². The SMILES string of the molecule is CC(/C=C/C=C1/Sc2ccccc2N1CCCS(=O)(=O)[O-])=c1/s/c(=C2\SC(=S)N(CC(=O)O)C2=O)n(CCC(=O)O)c1=O. The molecule has 0 aliphatic carbocycles. The number of carbonyl (C=O) groups is 3. The Balaban J connectivity index is 1.72. The van der Waals surface area contributed by atoms with E-state index in [2.05, 4.69) is 0 Å². The normalized spacial score (nSPS) is 18.2. The highest BCUT2D eigenvalue weighted by atomic mass is 32.2. The number of aliphatic carboxylic acids is 2. The van der Waals surface area contributed by atoms with Gasteiger partial charge in [0.2, 0.25) is 0 Å². The average molecular weight is 683 g/mol. The van der Waals surface area contributed by atoms with Crippen LogP contribution in [0.4, 0.5) is 5.69 Å². The summed E-state index contributed by atoms with van der Waals surface area (Å²) in [4.78, 5) is 52.8. The second kappa shape index (κ2) is 13.6. The first-order chi connectivity index (χ1) is 20.3. The molecule has 1 fully saturated rings. The zero-order valence-electron chi connectivity index (χ0n) is 22.4. The first-order valence-corrected chi connectivity index (χ1v) is 17.0. The predicted octanol–water partition coefficient (Wildman–Crippen LogP) is 1.55. The number of nitrogens with zero attached hydrogens (tertiary/aromatic N) is 3. The zero-order valence-corrected chi connectivity index (χ0v) is 26.5. The Morgan fingerprint density at radius 1 is 1.07 bits per heavy atom. The number of para-hydroxylation sites is 1. The van der Waals surface area contributed by atoms with Crippen molar-refractivity contribution in [3.05, 3.63) is 67.1 Å². The van der Waals surface area contributed by atoms with Gasteiger partial charge in [0.15, 0.2) is 0 Å². The van der Waals surface area contributed by atoms with E-state index in [0.717, 1.165) is 43.6 Å². The molecule has 17 heteroatoms. The molecule has 2 aliphatic heterocycles. The van der Waals surface area contributed by atoms with Crippen LogP contribution in [-0.2, 0) is 31.0 Å². The van der Waals surface area contributed by atoms with Crippen LogP contribution >= 0.6 is 47.1 Å². The van der Waals surface area contributed by atoms with E-state index >= 15 is 0 Å². The molecule has 2 aromatic rings. The quantitative estimate of drug-likeness (QED) is 0.258. The third-order valence-electron chi connectivity index (χ3n) is 6.13. The summed E-state index contributed by atoms with van der Waals surface area (Å²) in [6.07, 6.45) is 4.97. The summed E-state index contributed by atoms with van der Waals surface area (Å²) in [5.41, 5.74) is 0.918. The minimum absolute atomic E-state index is 0.0225. The molecule has 0 unspecified atom stereocenters. The molecule has 3 heterocycles. The molecule has 0 spiro atoms. The van der Waals surface area contributed by atoms with Crippen molar-refractivity contribution in [2.75, 3.05) is 23.7 Å². The number of allylic oxidation sites excluding steroid dienone is 3. The maximum absolute atomic E-state index is 13.4. The monoisotopic (exact) mass is 682 g/mol. The van der Waals surface area contributed by atoms with E-state index in [9.17, 15) is 37.3 Å². The Hall–Kier alpha value is -3.22. The molecule has 0 radical (unpaired) electrons. The number of hydrogen-bond acceptors (Lipinski definition) is 12. The summed E-state index contributed by atoms with van der Waals surface area (Å²) in [7, 11) is -4.35. The number of anilines is 1. The van der Waals surface area contributed by atoms with Crippen molar-refractivity contribution >= 4 is 95.5 Å². The third-order valence-corrected chi connectivity index (χ3v) is 10.9. The number of aromatic nitrogens is 1. The van der Waals surface area contributed by atoms with Crippen LogP contribution in [0.3, 0.4) is 0 Å². The van der Waals surface area contributed by atoms with Gasteiger partial charge in [-0.2, -0.15) is 0 Å². The van der Waals surface area contributed by atoms with E-state index in [-0.39, 0.29) is 37.8 Å². The lowest BCUT2D eigenvalue weighted by molar-refractivity contribution is -0.140. The summed E-state index contributed by atoms with van der Waals surface area (Å²) < 4.78 is 35.0. The summed E-state index contributed by atoms with van der Waals surface area (Å²) in [6.45, 7) is 1.16. The number of carboxylic acids is 2. The molecule has 0 atom stereocenters. The van der Waals surface area contributed by atoms with Crippen molar-refractivity contribution in [3.63, 3.8) is 0 Å². The van der Waals surface area contributed by atoms with Gasteiger partial charge in [-0.15, -0.1) is 11.3 Å². The molecule has 2 aliphatic rings. The first kappa shape index (κ1) is 32.7. The van der Waals surface area contributed by atoms with Gasteiger partial charge >= 0.3 is 11.9 Å². The third kappa shape index (κ3) is 7.84. The summed E-state index contributed by atoms with van der Waals surface area (Å²) in [6, 6.07) is 7.56. The van der Waals surface area contributed by atoms with E-state index in [1.54, 1.807) is 25.2 Å². The molecule has 1 amide bonds. The van der Waals surface area contributed by atoms with Crippen LogP contribution in [0.15, 0.2) is 57.2 Å². The highest BCUT2D eigenvalue weighted by molar-refractivity contribution is 8.30. The van der Waals surface area contributed by atoms with Crippen LogP contribution in [-0.4, -0.2) is 73.7 Å². The lowest BCUT2D eigenvalue weighted by atomic mass is 10.2. The van der Waals surface area contributed by atoms with Gasteiger partial charge in [-0.25, -0.2) is 8.42 Å². The molecule has 0 saturated carbocycles. The summed E-state index contributed by atoms with van der Waals surface area (Å²) in [5.74, 6) is -3.55. The molecule has 1 aromatic heterocycles. The molecular formula is C26H24N3O9S5-. The van der Waals surface area contributed by atoms with Crippen molar-refractivity contribution < 1.29 is 37.6 Å². The Morgan fingerprint density at radius 2 is 1.79 bits per heavy atom. The number of amides is 1. The fourth-order valence-electron chi connectivity index (χ4n) is 4.19. The van der Waals surface area contributed by atoms with E-state index in [1.165, 1.54) is 16.3 Å². The topological polar surface area (TPSA) is 177 Å². The van der Waals surface area contributed by atoms with Crippen molar-refractivity contribution in [1.82, 2.24) is 9.47 Å². The summed E-state index contributed by atoms with van der Waals surface area (Å²) >= 11 is 8.49. The highest BCUT2D eigenvalue weighted by Gasteiger charge is 2.35. The van der Waals surface area contributed by atoms with Gasteiger partial charge < -0.3 is 19.7 Å². The molecule has 4 rings (SSSR count). The van der Waals surface area contributed by atoms with E-state index < -0.39 is 45.8 Å². The minimum atomic E-state index is -4.35. The Kier molecular flexibility index (Phi) is 10.3. The van der Waals surface area contributed by atoms with Gasteiger partial charge in [-0.3, -0.25) is 28.6 Å². The summed E-state index contributed by atoms with van der Waals surface area (Å²) in [5, 5.41) is 19.1. The van der Waals surface area contributed by atoms with E-state index in [0.29, 0.717) is 12.1 Å². The Bertz CT molecular complexity index is 1860. The zero-order chi connectivity index (χ0) is 31.5. The second-order valence-electron chi connectivity index (χ2n) is 9.20. The van der Waals surface area contributed by atoms with E-state index in [1.807, 2.05) is 29.2 Å². The van der Waals surface area contributed by atoms with Gasteiger partial charge in [0.05, 0.1) is 31.8 Å². The molecule has 2 N–H and O–H groups in total. The number of hydrogen-bond donors (Lipinski definition) is 2. The lowest BCUT2D eigenvalue weighted by Crippen LogP contribution is -2.36. The molecule has 12 nitrogen and oxygen atoms in total. The highest BCUT2D eigenvalue weighted by Crippen LogP contribution is 2.45. The van der Waals surface area contributed by atoms with Crippen molar-refractivity contribution in [2.45, 2.75) is 31.2 Å². The Labute approximate surface area is 263 Å². The molecule has 1 saturated heterocycles. The molecule has 43 heavy (non-hydrogen) atoms. The molecule has 1 aromatic carbocycles. The van der Waals surface area contributed by atoms with Gasteiger partial charge in [0.1, 0.15) is 20.4 Å². The van der Waals surface area contributed by atoms with Gasteiger partial charge in [-0.1, -0.05) is 60.0 Å². The van der Waals surface area contributed by atoms with E-state index in [4.69, 9.17) is 17.3 Å². The fraction of sp³-hybridized carbons (Fsp3) is 0.269. The number of fused-ring (bicyclic) bond motifs is 1. The molecule has 0 bridgehead atoms. The van der Waals surface area contributed by atoms with Crippen molar-refractivity contribution in [2.24, 2.45) is 0 Å². The Morgan fingerprint density at radius 3 is 2.47 bits per heavy atom. The lowest BCUT2D eigenvalue weighted by Gasteiger charge is -2.20.